The maximum absolute atomic E-state index is 12.6. The molecular weight excluding hydrogens is 368 g/mol. The summed E-state index contributed by atoms with van der Waals surface area (Å²) in [4.78, 5) is 23.8. The number of carbonyl (C=O) groups excluding carboxylic acids is 1. The van der Waals surface area contributed by atoms with Crippen molar-refractivity contribution in [2.45, 2.75) is 26.7 Å². The Balaban J connectivity index is 1.71. The van der Waals surface area contributed by atoms with Crippen LogP contribution in [-0.4, -0.2) is 29.0 Å². The first kappa shape index (κ1) is 16.9. The average Bonchev–Trinajstić information content (AvgIpc) is 2.56. The zero-order valence-electron chi connectivity index (χ0n) is 13.9. The van der Waals surface area contributed by atoms with Crippen molar-refractivity contribution in [3.05, 3.63) is 46.2 Å². The second-order valence-corrected chi connectivity index (χ2v) is 7.06. The normalized spacial score (nSPS) is 17.6. The maximum Gasteiger partial charge on any atom is 0.229 e. The number of nitrogens with one attached hydrogen (secondary N) is 1. The third-order valence-corrected chi connectivity index (χ3v) is 4.87. The third-order valence-electron chi connectivity index (χ3n) is 4.18. The van der Waals surface area contributed by atoms with E-state index in [1.165, 1.54) is 0 Å². The van der Waals surface area contributed by atoms with Crippen molar-refractivity contribution in [2.75, 3.05) is 23.3 Å². The number of amides is 1. The molecule has 24 heavy (non-hydrogen) atoms. The molecule has 2 heterocycles. The Labute approximate surface area is 150 Å². The van der Waals surface area contributed by atoms with Gasteiger partial charge in [-0.2, -0.15) is 0 Å². The number of hydrogen-bond acceptors (Lipinski definition) is 4. The molecule has 1 aliphatic rings. The van der Waals surface area contributed by atoms with Crippen LogP contribution in [0, 0.1) is 19.8 Å². The number of piperidine rings is 1. The molecule has 1 saturated heterocycles. The van der Waals surface area contributed by atoms with Crippen LogP contribution in [0.3, 0.4) is 0 Å². The third kappa shape index (κ3) is 3.93. The molecule has 126 valence electrons. The summed E-state index contributed by atoms with van der Waals surface area (Å²) in [6.45, 7) is 5.49. The van der Waals surface area contributed by atoms with Crippen LogP contribution < -0.4 is 10.2 Å². The SMILES string of the molecule is Cc1cc(C)nc(N2CCCC(C(=O)Nc3ccccc3Br)C2)n1. The first-order chi connectivity index (χ1) is 11.5. The lowest BCUT2D eigenvalue weighted by atomic mass is 9.97. The van der Waals surface area contributed by atoms with Crippen molar-refractivity contribution < 1.29 is 4.79 Å². The summed E-state index contributed by atoms with van der Waals surface area (Å²) < 4.78 is 0.892. The van der Waals surface area contributed by atoms with Crippen LogP contribution in [-0.2, 0) is 4.79 Å². The molecule has 0 aliphatic carbocycles. The molecule has 2 aromatic rings. The number of carbonyl (C=O) groups is 1. The number of rotatable bonds is 3. The molecule has 0 saturated carbocycles. The molecule has 1 amide bonds. The van der Waals surface area contributed by atoms with E-state index in [-0.39, 0.29) is 11.8 Å². The number of anilines is 2. The molecule has 1 aliphatic heterocycles. The summed E-state index contributed by atoms with van der Waals surface area (Å²) in [5, 5.41) is 3.02. The summed E-state index contributed by atoms with van der Waals surface area (Å²) in [6, 6.07) is 9.63. The molecular formula is C18H21BrN4O. The van der Waals surface area contributed by atoms with E-state index in [2.05, 4.69) is 36.1 Å². The zero-order valence-corrected chi connectivity index (χ0v) is 15.5. The molecule has 0 bridgehead atoms. The van der Waals surface area contributed by atoms with Gasteiger partial charge >= 0.3 is 0 Å². The molecule has 3 rings (SSSR count). The fourth-order valence-electron chi connectivity index (χ4n) is 3.02. The van der Waals surface area contributed by atoms with Crippen LogP contribution >= 0.6 is 15.9 Å². The van der Waals surface area contributed by atoms with Crippen LogP contribution in [0.25, 0.3) is 0 Å². The van der Waals surface area contributed by atoms with Crippen molar-refractivity contribution in [2.24, 2.45) is 5.92 Å². The molecule has 1 unspecified atom stereocenters. The van der Waals surface area contributed by atoms with E-state index in [9.17, 15) is 4.79 Å². The first-order valence-electron chi connectivity index (χ1n) is 8.15. The molecule has 1 aromatic carbocycles. The van der Waals surface area contributed by atoms with Crippen molar-refractivity contribution in [3.8, 4) is 0 Å². The molecule has 5 nitrogen and oxygen atoms in total. The smallest absolute Gasteiger partial charge is 0.229 e. The highest BCUT2D eigenvalue weighted by Crippen LogP contribution is 2.25. The Hall–Kier alpha value is -1.95. The van der Waals surface area contributed by atoms with Crippen LogP contribution in [0.2, 0.25) is 0 Å². The van der Waals surface area contributed by atoms with Crippen molar-refractivity contribution >= 4 is 33.5 Å². The van der Waals surface area contributed by atoms with Gasteiger partial charge in [-0.15, -0.1) is 0 Å². The number of hydrogen-bond donors (Lipinski definition) is 1. The van der Waals surface area contributed by atoms with Crippen LogP contribution in [0.1, 0.15) is 24.2 Å². The van der Waals surface area contributed by atoms with Gasteiger partial charge in [-0.05, 0) is 60.8 Å². The summed E-state index contributed by atoms with van der Waals surface area (Å²) in [5.74, 6) is 0.720. The van der Waals surface area contributed by atoms with E-state index < -0.39 is 0 Å². The number of halogens is 1. The van der Waals surface area contributed by atoms with E-state index in [0.29, 0.717) is 6.54 Å². The van der Waals surface area contributed by atoms with Crippen molar-refractivity contribution in [1.29, 1.82) is 0 Å². The monoisotopic (exact) mass is 388 g/mol. The number of aryl methyl sites for hydroxylation is 2. The van der Waals surface area contributed by atoms with Crippen LogP contribution in [0.15, 0.2) is 34.8 Å². The Kier molecular flexibility index (Phi) is 5.14. The second kappa shape index (κ2) is 7.30. The van der Waals surface area contributed by atoms with Gasteiger partial charge in [0.1, 0.15) is 0 Å². The maximum atomic E-state index is 12.6. The summed E-state index contributed by atoms with van der Waals surface area (Å²) in [7, 11) is 0. The van der Waals surface area contributed by atoms with Gasteiger partial charge in [0.2, 0.25) is 11.9 Å². The molecule has 1 aromatic heterocycles. The minimum absolute atomic E-state index is 0.0518. The second-order valence-electron chi connectivity index (χ2n) is 6.20. The number of para-hydroxylation sites is 1. The lowest BCUT2D eigenvalue weighted by Crippen LogP contribution is -2.41. The average molecular weight is 389 g/mol. The fourth-order valence-corrected chi connectivity index (χ4v) is 3.40. The van der Waals surface area contributed by atoms with Gasteiger partial charge in [0.05, 0.1) is 11.6 Å². The highest BCUT2D eigenvalue weighted by Gasteiger charge is 2.27. The Morgan fingerprint density at radius 1 is 1.25 bits per heavy atom. The molecule has 1 N–H and O–H groups in total. The van der Waals surface area contributed by atoms with Gasteiger partial charge in [-0.25, -0.2) is 9.97 Å². The van der Waals surface area contributed by atoms with Gasteiger partial charge in [-0.3, -0.25) is 4.79 Å². The van der Waals surface area contributed by atoms with Crippen LogP contribution in [0.4, 0.5) is 11.6 Å². The predicted octanol–water partition coefficient (Wildman–Crippen LogP) is 3.71. The summed E-state index contributed by atoms with van der Waals surface area (Å²) >= 11 is 3.47. The molecule has 6 heteroatoms. The van der Waals surface area contributed by atoms with E-state index in [1.807, 2.05) is 44.2 Å². The minimum atomic E-state index is -0.0599. The van der Waals surface area contributed by atoms with Gasteiger partial charge in [-0.1, -0.05) is 12.1 Å². The number of aromatic nitrogens is 2. The Morgan fingerprint density at radius 2 is 1.96 bits per heavy atom. The fraction of sp³-hybridized carbons (Fsp3) is 0.389. The Morgan fingerprint density at radius 3 is 2.67 bits per heavy atom. The lowest BCUT2D eigenvalue weighted by molar-refractivity contribution is -0.120. The summed E-state index contributed by atoms with van der Waals surface area (Å²) in [6.07, 6.45) is 1.85. The number of nitrogens with zero attached hydrogens (tertiary/aromatic N) is 3. The quantitative estimate of drug-likeness (QED) is 0.870. The van der Waals surface area contributed by atoms with E-state index in [4.69, 9.17) is 0 Å². The van der Waals surface area contributed by atoms with Gasteiger partial charge in [0, 0.05) is 29.0 Å². The predicted molar refractivity (Wildman–Crippen MR) is 99.2 cm³/mol. The highest BCUT2D eigenvalue weighted by atomic mass is 79.9. The standard InChI is InChI=1S/C18H21BrN4O/c1-12-10-13(2)21-18(20-12)23-9-5-6-14(11-23)17(24)22-16-8-4-3-7-15(16)19/h3-4,7-8,10,14H,5-6,9,11H2,1-2H3,(H,22,24). The first-order valence-corrected chi connectivity index (χ1v) is 8.95. The van der Waals surface area contributed by atoms with Crippen molar-refractivity contribution in [3.63, 3.8) is 0 Å². The zero-order chi connectivity index (χ0) is 17.1. The Bertz CT molecular complexity index is 729. The van der Waals surface area contributed by atoms with Crippen LogP contribution in [0.5, 0.6) is 0 Å². The van der Waals surface area contributed by atoms with E-state index >= 15 is 0 Å². The van der Waals surface area contributed by atoms with Crippen molar-refractivity contribution in [1.82, 2.24) is 9.97 Å². The topological polar surface area (TPSA) is 58.1 Å². The largest absolute Gasteiger partial charge is 0.340 e. The molecule has 0 radical (unpaired) electrons. The van der Waals surface area contributed by atoms with E-state index in [1.54, 1.807) is 0 Å². The lowest BCUT2D eigenvalue weighted by Gasteiger charge is -2.32. The number of benzene rings is 1. The molecule has 1 atom stereocenters. The summed E-state index contributed by atoms with van der Waals surface area (Å²) in [5.41, 5.74) is 2.72. The van der Waals surface area contributed by atoms with E-state index in [0.717, 1.165) is 46.9 Å². The van der Waals surface area contributed by atoms with Gasteiger partial charge in [0.15, 0.2) is 0 Å². The molecule has 0 spiro atoms. The van der Waals surface area contributed by atoms with Gasteiger partial charge < -0.3 is 10.2 Å². The minimum Gasteiger partial charge on any atom is -0.340 e. The molecule has 1 fully saturated rings. The highest BCUT2D eigenvalue weighted by molar-refractivity contribution is 9.10. The van der Waals surface area contributed by atoms with Gasteiger partial charge in [0.25, 0.3) is 0 Å².